The van der Waals surface area contributed by atoms with E-state index in [1.807, 2.05) is 0 Å². The summed E-state index contributed by atoms with van der Waals surface area (Å²) in [5.74, 6) is -12.4. The molecule has 1 fully saturated rings. The van der Waals surface area contributed by atoms with Crippen LogP contribution in [0, 0.1) is 91.3 Å². The quantitative estimate of drug-likeness (QED) is 0.157. The molecule has 0 unspecified atom stereocenters. The molecule has 3 aromatic carbocycles. The summed E-state index contributed by atoms with van der Waals surface area (Å²) in [6, 6.07) is 12.4. The molecule has 0 radical (unpaired) electrons. The van der Waals surface area contributed by atoms with Crippen molar-refractivity contribution >= 4 is 16.7 Å². The monoisotopic (exact) mass is 660 g/mol. The molecule has 4 rings (SSSR count). The first kappa shape index (κ1) is 34.1. The molecule has 0 heterocycles. The Morgan fingerprint density at radius 1 is 0.542 bits per heavy atom. The third kappa shape index (κ3) is 5.58. The van der Waals surface area contributed by atoms with Gasteiger partial charge in [0, 0.05) is 40.3 Å². The molecule has 15 heteroatoms. The van der Waals surface area contributed by atoms with Gasteiger partial charge >= 0.3 is 6.18 Å². The van der Waals surface area contributed by atoms with E-state index in [9.17, 15) is 57.0 Å². The third-order valence-electron chi connectivity index (χ3n) is 7.05. The maximum atomic E-state index is 15.2. The van der Waals surface area contributed by atoms with E-state index in [1.165, 1.54) is 12.1 Å². The second-order valence-corrected chi connectivity index (χ2v) is 9.83. The van der Waals surface area contributed by atoms with Gasteiger partial charge in [0.25, 0.3) is 5.92 Å². The van der Waals surface area contributed by atoms with Crippen molar-refractivity contribution in [2.24, 2.45) is 0 Å². The summed E-state index contributed by atoms with van der Waals surface area (Å²) < 4.78 is 128. The van der Waals surface area contributed by atoms with Crippen LogP contribution in [-0.2, 0) is 12.1 Å². The van der Waals surface area contributed by atoms with Crippen LogP contribution in [0.25, 0.3) is 16.7 Å². The number of nitriles is 6. The van der Waals surface area contributed by atoms with Crippen molar-refractivity contribution in [1.29, 1.82) is 31.6 Å². The minimum absolute atomic E-state index is 0.362. The van der Waals surface area contributed by atoms with Crippen LogP contribution in [0.4, 0.5) is 39.5 Å². The van der Waals surface area contributed by atoms with Crippen molar-refractivity contribution in [2.75, 3.05) is 0 Å². The van der Waals surface area contributed by atoms with E-state index in [2.05, 4.69) is 0 Å². The summed E-state index contributed by atoms with van der Waals surface area (Å²) in [7, 11) is 0. The standard InChI is InChI=1S/C33H9F9N6/c1-32(38,39)16-2-4-18(14(6-16)8-43)20(10-45)24-25(21(11-46)19-5-3-17(33(40,41)42)7-15(19)9-44)26(24)22(12-47)27-30(36)28(34)23(13-48)29(35)31(27)37/h2-7H,1H3/b24-20-,25-21?,26-22-. The first-order chi connectivity index (χ1) is 22.5. The molecule has 0 atom stereocenters. The van der Waals surface area contributed by atoms with Gasteiger partial charge in [0.2, 0.25) is 0 Å². The van der Waals surface area contributed by atoms with Crippen LogP contribution >= 0.6 is 0 Å². The lowest BCUT2D eigenvalue weighted by atomic mass is 9.95. The number of hydrogen-bond donors (Lipinski definition) is 0. The maximum Gasteiger partial charge on any atom is 0.416 e. The SMILES string of the molecule is CC(F)(F)c1ccc(/C(C#N)=C2/C(=C(C#N)c3ccc(C(F)(F)F)cc3C#N)/C2=C(/C#N)c2c(F)c(F)c(C#N)c(F)c2F)c(C#N)c1. The van der Waals surface area contributed by atoms with Crippen molar-refractivity contribution in [3.63, 3.8) is 0 Å². The zero-order chi connectivity index (χ0) is 35.9. The summed E-state index contributed by atoms with van der Waals surface area (Å²) in [6.07, 6.45) is -4.95. The van der Waals surface area contributed by atoms with Crippen LogP contribution in [-0.4, -0.2) is 0 Å². The van der Waals surface area contributed by atoms with E-state index in [1.54, 1.807) is 18.2 Å². The van der Waals surface area contributed by atoms with Gasteiger partial charge in [-0.1, -0.05) is 18.2 Å². The Balaban J connectivity index is 2.25. The van der Waals surface area contributed by atoms with Crippen molar-refractivity contribution < 1.29 is 39.5 Å². The summed E-state index contributed by atoms with van der Waals surface area (Å²) in [6.45, 7) is 0.504. The van der Waals surface area contributed by atoms with E-state index < -0.39 is 113 Å². The molecular formula is C33H9F9N6. The molecule has 1 saturated carbocycles. The summed E-state index contributed by atoms with van der Waals surface area (Å²) in [5.41, 5.74) is -12.4. The van der Waals surface area contributed by atoms with Crippen LogP contribution in [0.3, 0.4) is 0 Å². The van der Waals surface area contributed by atoms with Gasteiger partial charge in [0.05, 0.1) is 51.1 Å². The van der Waals surface area contributed by atoms with Gasteiger partial charge in [-0.3, -0.25) is 0 Å². The number of allylic oxidation sites excluding steroid dienone is 6. The van der Waals surface area contributed by atoms with Gasteiger partial charge in [-0.15, -0.1) is 0 Å². The number of benzene rings is 3. The van der Waals surface area contributed by atoms with E-state index in [0.29, 0.717) is 31.2 Å². The van der Waals surface area contributed by atoms with Crippen LogP contribution in [0.2, 0.25) is 0 Å². The Hall–Kier alpha value is -6.81. The van der Waals surface area contributed by atoms with Crippen LogP contribution in [0.5, 0.6) is 0 Å². The van der Waals surface area contributed by atoms with Crippen molar-refractivity contribution in [3.8, 4) is 36.4 Å². The molecule has 234 valence electrons. The number of halogens is 9. The lowest BCUT2D eigenvalue weighted by molar-refractivity contribution is -0.137. The van der Waals surface area contributed by atoms with Crippen LogP contribution in [0.1, 0.15) is 51.4 Å². The number of hydrogen-bond acceptors (Lipinski definition) is 6. The molecule has 0 amide bonds. The Kier molecular flexibility index (Phi) is 8.65. The fraction of sp³-hybridized carbons (Fsp3) is 0.0909. The Morgan fingerprint density at radius 2 is 0.938 bits per heavy atom. The molecule has 3 aromatic rings. The highest BCUT2D eigenvalue weighted by atomic mass is 19.4. The molecule has 0 aromatic heterocycles. The maximum absolute atomic E-state index is 15.2. The Morgan fingerprint density at radius 3 is 1.29 bits per heavy atom. The largest absolute Gasteiger partial charge is 0.416 e. The summed E-state index contributed by atoms with van der Waals surface area (Å²) in [5, 5.41) is 58.6. The van der Waals surface area contributed by atoms with Gasteiger partial charge in [-0.2, -0.15) is 44.7 Å². The summed E-state index contributed by atoms with van der Waals surface area (Å²) in [4.78, 5) is 0. The van der Waals surface area contributed by atoms with Crippen molar-refractivity contribution in [1.82, 2.24) is 0 Å². The average molecular weight is 660 g/mol. The number of rotatable bonds is 4. The van der Waals surface area contributed by atoms with Crippen LogP contribution in [0.15, 0.2) is 53.1 Å². The van der Waals surface area contributed by atoms with Crippen LogP contribution < -0.4 is 0 Å². The minimum atomic E-state index is -4.95. The van der Waals surface area contributed by atoms with Gasteiger partial charge < -0.3 is 0 Å². The molecule has 48 heavy (non-hydrogen) atoms. The zero-order valence-electron chi connectivity index (χ0n) is 23.5. The third-order valence-corrected chi connectivity index (χ3v) is 7.05. The second-order valence-electron chi connectivity index (χ2n) is 9.83. The molecule has 0 bridgehead atoms. The van der Waals surface area contributed by atoms with E-state index in [-0.39, 0.29) is 0 Å². The molecule has 0 saturated heterocycles. The van der Waals surface area contributed by atoms with E-state index >= 15 is 8.78 Å². The number of nitrogens with zero attached hydrogens (tertiary/aromatic N) is 6. The molecule has 0 N–H and O–H groups in total. The molecule has 0 spiro atoms. The lowest BCUT2D eigenvalue weighted by Crippen LogP contribution is -2.07. The molecule has 6 nitrogen and oxygen atoms in total. The zero-order valence-corrected chi connectivity index (χ0v) is 23.5. The van der Waals surface area contributed by atoms with Crippen molar-refractivity contribution in [2.45, 2.75) is 19.0 Å². The predicted octanol–water partition coefficient (Wildman–Crippen LogP) is 8.23. The number of alkyl halides is 5. The topological polar surface area (TPSA) is 143 Å². The second kappa shape index (κ2) is 12.2. The Labute approximate surface area is 264 Å². The normalized spacial score (nSPS) is 15.5. The van der Waals surface area contributed by atoms with E-state index in [0.717, 1.165) is 18.2 Å². The first-order valence-electron chi connectivity index (χ1n) is 12.8. The smallest absolute Gasteiger partial charge is 0.203 e. The molecule has 1 aliphatic rings. The highest BCUT2D eigenvalue weighted by molar-refractivity contribution is 6.12. The van der Waals surface area contributed by atoms with E-state index in [4.69, 9.17) is 5.26 Å². The molecule has 0 aliphatic heterocycles. The Bertz CT molecular complexity index is 2180. The van der Waals surface area contributed by atoms with Crippen molar-refractivity contribution in [3.05, 3.63) is 121 Å². The van der Waals surface area contributed by atoms with Gasteiger partial charge in [0.1, 0.15) is 29.8 Å². The minimum Gasteiger partial charge on any atom is -0.203 e. The summed E-state index contributed by atoms with van der Waals surface area (Å²) >= 11 is 0. The molecular weight excluding hydrogens is 651 g/mol. The van der Waals surface area contributed by atoms with Gasteiger partial charge in [-0.25, -0.2) is 26.3 Å². The van der Waals surface area contributed by atoms with Gasteiger partial charge in [-0.05, 0) is 18.2 Å². The molecule has 1 aliphatic carbocycles. The predicted molar refractivity (Wildman–Crippen MR) is 145 cm³/mol. The van der Waals surface area contributed by atoms with Gasteiger partial charge in [0.15, 0.2) is 23.3 Å². The highest BCUT2D eigenvalue weighted by Crippen LogP contribution is 2.57. The highest BCUT2D eigenvalue weighted by Gasteiger charge is 2.44. The average Bonchev–Trinajstić information content (AvgIpc) is 3.75. The fourth-order valence-electron chi connectivity index (χ4n) is 4.78. The first-order valence-corrected chi connectivity index (χ1v) is 12.8. The lowest BCUT2D eigenvalue weighted by Gasteiger charge is -2.12. The fourth-order valence-corrected chi connectivity index (χ4v) is 4.78.